The molecule has 8 heteroatoms. The van der Waals surface area contributed by atoms with E-state index in [4.69, 9.17) is 0 Å². The Labute approximate surface area is 222 Å². The Bertz CT molecular complexity index is 1180. The number of carbonyl (C=O) groups is 2. The lowest BCUT2D eigenvalue weighted by atomic mass is 10.1. The maximum absolute atomic E-state index is 13.7. The van der Waals surface area contributed by atoms with Crippen LogP contribution in [0.2, 0.25) is 0 Å². The van der Waals surface area contributed by atoms with Gasteiger partial charge in [0, 0.05) is 30.2 Å². The van der Waals surface area contributed by atoms with Gasteiger partial charge in [-0.15, -0.1) is 0 Å². The van der Waals surface area contributed by atoms with E-state index in [0.29, 0.717) is 13.1 Å². The quantitative estimate of drug-likeness (QED) is 0.339. The molecule has 2 fully saturated rings. The van der Waals surface area contributed by atoms with E-state index >= 15 is 0 Å². The summed E-state index contributed by atoms with van der Waals surface area (Å²) in [6, 6.07) is 21.8. The van der Waals surface area contributed by atoms with E-state index in [1.54, 1.807) is 12.1 Å². The van der Waals surface area contributed by atoms with Gasteiger partial charge in [0.05, 0.1) is 12.1 Å². The molecule has 0 radical (unpaired) electrons. The normalized spacial score (nSPS) is 18.8. The van der Waals surface area contributed by atoms with Crippen molar-refractivity contribution in [2.75, 3.05) is 28.6 Å². The van der Waals surface area contributed by atoms with Crippen LogP contribution in [-0.2, 0) is 22.7 Å². The first-order valence-electron chi connectivity index (χ1n) is 13.3. The molecule has 0 bridgehead atoms. The molecule has 2 aliphatic rings. The summed E-state index contributed by atoms with van der Waals surface area (Å²) < 4.78 is 13.7. The van der Waals surface area contributed by atoms with Gasteiger partial charge < -0.3 is 26.2 Å². The molecule has 2 unspecified atom stereocenters. The average molecular weight is 516 g/mol. The Morgan fingerprint density at radius 1 is 0.763 bits per heavy atom. The lowest BCUT2D eigenvalue weighted by Gasteiger charge is -2.26. The number of benzene rings is 3. The van der Waals surface area contributed by atoms with Crippen LogP contribution < -0.4 is 26.2 Å². The zero-order chi connectivity index (χ0) is 26.3. The molecule has 2 aliphatic heterocycles. The van der Waals surface area contributed by atoms with E-state index in [1.165, 1.54) is 12.1 Å². The maximum Gasteiger partial charge on any atom is 0.241 e. The first-order chi connectivity index (χ1) is 18.5. The smallest absolute Gasteiger partial charge is 0.241 e. The van der Waals surface area contributed by atoms with Gasteiger partial charge in [0.15, 0.2) is 0 Å². The fourth-order valence-electron chi connectivity index (χ4n) is 5.10. The summed E-state index contributed by atoms with van der Waals surface area (Å²) in [6.45, 7) is 2.85. The van der Waals surface area contributed by atoms with E-state index in [1.807, 2.05) is 48.5 Å². The van der Waals surface area contributed by atoms with Gasteiger partial charge in [0.25, 0.3) is 0 Å². The van der Waals surface area contributed by atoms with Crippen LogP contribution in [0, 0.1) is 5.82 Å². The first-order valence-corrected chi connectivity index (χ1v) is 13.3. The summed E-state index contributed by atoms with van der Waals surface area (Å²) in [7, 11) is 0. The van der Waals surface area contributed by atoms with Crippen molar-refractivity contribution in [3.05, 3.63) is 89.7 Å². The number of nitrogens with one attached hydrogen (secondary N) is 4. The monoisotopic (exact) mass is 515 g/mol. The van der Waals surface area contributed by atoms with Crippen LogP contribution in [0.3, 0.4) is 0 Å². The lowest BCUT2D eigenvalue weighted by molar-refractivity contribution is -0.118. The van der Waals surface area contributed by atoms with Crippen molar-refractivity contribution in [3.63, 3.8) is 0 Å². The van der Waals surface area contributed by atoms with Crippen LogP contribution in [0.4, 0.5) is 21.5 Å². The highest BCUT2D eigenvalue weighted by atomic mass is 19.1. The number of anilines is 3. The van der Waals surface area contributed by atoms with Crippen molar-refractivity contribution in [2.45, 2.75) is 50.9 Å². The Morgan fingerprint density at radius 2 is 1.26 bits per heavy atom. The fraction of sp³-hybridized carbons (Fsp3) is 0.333. The van der Waals surface area contributed by atoms with Crippen molar-refractivity contribution >= 4 is 28.9 Å². The number of halogens is 1. The number of carbonyl (C=O) groups excluding carboxylic acids is 2. The van der Waals surface area contributed by atoms with Gasteiger partial charge in [-0.3, -0.25) is 9.59 Å². The molecule has 4 N–H and O–H groups in total. The van der Waals surface area contributed by atoms with Crippen molar-refractivity contribution < 1.29 is 14.0 Å². The highest BCUT2D eigenvalue weighted by Gasteiger charge is 2.23. The highest BCUT2D eigenvalue weighted by molar-refractivity contribution is 5.95. The van der Waals surface area contributed by atoms with Crippen LogP contribution >= 0.6 is 0 Å². The zero-order valence-corrected chi connectivity index (χ0v) is 21.4. The van der Waals surface area contributed by atoms with Gasteiger partial charge in [-0.1, -0.05) is 24.3 Å². The summed E-state index contributed by atoms with van der Waals surface area (Å²) in [5.74, 6) is -0.312. The Hall–Kier alpha value is -3.75. The van der Waals surface area contributed by atoms with Crippen LogP contribution in [0.1, 0.15) is 36.8 Å². The molecular formula is C30H34FN5O2. The standard InChI is InChI=1S/C30H34FN5O2/c31-23-11-13-26(14-12-23)36(19-21-5-1-7-24(17-21)34-29(37)27-9-3-15-32-27)20-22-6-2-8-25(18-22)35-30(38)28-10-4-16-33-28/h1-2,5-8,11-14,17-18,27-28,32-33H,3-4,9-10,15-16,19-20H2,(H,34,37)(H,35,38). The van der Waals surface area contributed by atoms with Crippen LogP contribution in [0.5, 0.6) is 0 Å². The molecule has 0 saturated carbocycles. The predicted molar refractivity (Wildman–Crippen MR) is 148 cm³/mol. The zero-order valence-electron chi connectivity index (χ0n) is 21.4. The summed E-state index contributed by atoms with van der Waals surface area (Å²) in [4.78, 5) is 27.3. The van der Waals surface area contributed by atoms with Crippen molar-refractivity contribution in [1.82, 2.24) is 10.6 Å². The second-order valence-electron chi connectivity index (χ2n) is 10.0. The van der Waals surface area contributed by atoms with Crippen LogP contribution in [0.25, 0.3) is 0 Å². The molecule has 38 heavy (non-hydrogen) atoms. The van der Waals surface area contributed by atoms with Gasteiger partial charge in [-0.25, -0.2) is 4.39 Å². The molecule has 198 valence electrons. The lowest BCUT2D eigenvalue weighted by Crippen LogP contribution is -2.35. The van der Waals surface area contributed by atoms with E-state index in [0.717, 1.165) is 67.0 Å². The number of hydrogen-bond acceptors (Lipinski definition) is 5. The third-order valence-electron chi connectivity index (χ3n) is 7.08. The van der Waals surface area contributed by atoms with Crippen molar-refractivity contribution in [2.24, 2.45) is 0 Å². The number of nitrogens with zero attached hydrogens (tertiary/aromatic N) is 1. The summed E-state index contributed by atoms with van der Waals surface area (Å²) in [5.41, 5.74) is 4.42. The summed E-state index contributed by atoms with van der Waals surface area (Å²) >= 11 is 0. The second-order valence-corrected chi connectivity index (χ2v) is 10.0. The molecule has 7 nitrogen and oxygen atoms in total. The molecule has 0 spiro atoms. The Kier molecular flexibility index (Phi) is 8.31. The number of amides is 2. The average Bonchev–Trinajstić information content (AvgIpc) is 3.64. The molecule has 2 saturated heterocycles. The van der Waals surface area contributed by atoms with Gasteiger partial charge in [-0.2, -0.15) is 0 Å². The Balaban J connectivity index is 1.31. The van der Waals surface area contributed by atoms with E-state index in [9.17, 15) is 14.0 Å². The van der Waals surface area contributed by atoms with E-state index < -0.39 is 0 Å². The summed E-state index contributed by atoms with van der Waals surface area (Å²) in [6.07, 6.45) is 3.71. The van der Waals surface area contributed by atoms with Gasteiger partial charge >= 0.3 is 0 Å². The summed E-state index contributed by atoms with van der Waals surface area (Å²) in [5, 5.41) is 12.5. The van der Waals surface area contributed by atoms with Gasteiger partial charge in [0.1, 0.15) is 5.82 Å². The Morgan fingerprint density at radius 3 is 1.71 bits per heavy atom. The molecular weight excluding hydrogens is 481 g/mol. The third kappa shape index (κ3) is 6.76. The first kappa shape index (κ1) is 25.9. The molecule has 2 heterocycles. The molecule has 0 aromatic heterocycles. The SMILES string of the molecule is O=C(Nc1cccc(CN(Cc2cccc(NC(=O)C3CCCN3)c2)c2ccc(F)cc2)c1)C1CCCN1. The van der Waals surface area contributed by atoms with Gasteiger partial charge in [-0.05, 0) is 98.4 Å². The number of rotatable bonds is 9. The van der Waals surface area contributed by atoms with Crippen LogP contribution in [-0.4, -0.2) is 37.0 Å². The molecule has 5 rings (SSSR count). The predicted octanol–water partition coefficient (Wildman–Crippen LogP) is 4.41. The fourth-order valence-corrected chi connectivity index (χ4v) is 5.10. The molecule has 2 amide bonds. The molecule has 2 atom stereocenters. The third-order valence-corrected chi connectivity index (χ3v) is 7.08. The minimum atomic E-state index is -0.288. The van der Waals surface area contributed by atoms with Gasteiger partial charge in [0.2, 0.25) is 11.8 Å². The number of hydrogen-bond donors (Lipinski definition) is 4. The maximum atomic E-state index is 13.7. The topological polar surface area (TPSA) is 85.5 Å². The molecule has 3 aromatic rings. The van der Waals surface area contributed by atoms with Crippen molar-refractivity contribution in [3.8, 4) is 0 Å². The molecule has 0 aliphatic carbocycles. The van der Waals surface area contributed by atoms with E-state index in [-0.39, 0.29) is 29.7 Å². The molecule has 3 aromatic carbocycles. The largest absolute Gasteiger partial charge is 0.363 e. The van der Waals surface area contributed by atoms with E-state index in [2.05, 4.69) is 26.2 Å². The minimum absolute atomic E-state index is 0.0123. The minimum Gasteiger partial charge on any atom is -0.363 e. The highest BCUT2D eigenvalue weighted by Crippen LogP contribution is 2.24. The van der Waals surface area contributed by atoms with Crippen LogP contribution in [0.15, 0.2) is 72.8 Å². The van der Waals surface area contributed by atoms with Crippen molar-refractivity contribution in [1.29, 1.82) is 0 Å². The second kappa shape index (κ2) is 12.2.